The normalized spacial score (nSPS) is 11.4. The largest absolute Gasteiger partial charge is 0.480 e. The topological polar surface area (TPSA) is 127 Å². The lowest BCUT2D eigenvalue weighted by molar-refractivity contribution is -0.242. The SMILES string of the molecule is O=C(O)CS(=O)(=O)c1cccc2c(SOC(=O)COO)cccc12. The number of aliphatic carboxylic acids is 1. The van der Waals surface area contributed by atoms with E-state index in [0.29, 0.717) is 27.7 Å². The Morgan fingerprint density at radius 3 is 2.42 bits per heavy atom. The van der Waals surface area contributed by atoms with E-state index in [-0.39, 0.29) is 4.90 Å². The molecule has 0 unspecified atom stereocenters. The summed E-state index contributed by atoms with van der Waals surface area (Å²) in [5.74, 6) is -3.30. The third kappa shape index (κ3) is 4.23. The number of rotatable bonds is 7. The lowest BCUT2D eigenvalue weighted by Gasteiger charge is -2.09. The van der Waals surface area contributed by atoms with Gasteiger partial charge in [-0.25, -0.2) is 18.1 Å². The molecule has 10 heteroatoms. The van der Waals surface area contributed by atoms with Gasteiger partial charge in [0.1, 0.15) is 0 Å². The van der Waals surface area contributed by atoms with Gasteiger partial charge in [0, 0.05) is 5.39 Å². The molecule has 0 aliphatic rings. The molecule has 0 aliphatic carbocycles. The molecule has 0 saturated heterocycles. The molecule has 8 nitrogen and oxygen atoms in total. The van der Waals surface area contributed by atoms with E-state index in [2.05, 4.69) is 4.89 Å². The average molecular weight is 372 g/mol. The lowest BCUT2D eigenvalue weighted by atomic mass is 10.1. The summed E-state index contributed by atoms with van der Waals surface area (Å²) < 4.78 is 29.2. The number of sulfone groups is 1. The number of carbonyl (C=O) groups is 2. The number of fused-ring (bicyclic) bond motifs is 1. The highest BCUT2D eigenvalue weighted by molar-refractivity contribution is 7.95. The first-order chi connectivity index (χ1) is 11.3. The Bertz CT molecular complexity index is 875. The highest BCUT2D eigenvalue weighted by Crippen LogP contribution is 2.32. The van der Waals surface area contributed by atoms with Crippen molar-refractivity contribution in [2.45, 2.75) is 9.79 Å². The van der Waals surface area contributed by atoms with Crippen molar-refractivity contribution < 1.29 is 37.4 Å². The third-order valence-electron chi connectivity index (χ3n) is 2.90. The fraction of sp³-hybridized carbons (Fsp3) is 0.143. The summed E-state index contributed by atoms with van der Waals surface area (Å²) in [6.07, 6.45) is 0. The first-order valence-electron chi connectivity index (χ1n) is 6.45. The van der Waals surface area contributed by atoms with Crippen molar-refractivity contribution >= 4 is 44.6 Å². The smallest absolute Gasteiger partial charge is 0.347 e. The van der Waals surface area contributed by atoms with Crippen LogP contribution in [-0.2, 0) is 28.5 Å². The zero-order chi connectivity index (χ0) is 17.7. The second kappa shape index (κ2) is 7.62. The summed E-state index contributed by atoms with van der Waals surface area (Å²) in [5, 5.41) is 17.7. The number of carboxylic acids is 1. The molecule has 128 valence electrons. The van der Waals surface area contributed by atoms with E-state index >= 15 is 0 Å². The standard InChI is InChI=1S/C14H12O8S2/c15-13(16)8-24(19,20)12-6-2-3-9-10(12)4-1-5-11(9)23-22-14(17)7-21-18/h1-6,18H,7-8H2,(H,15,16). The van der Waals surface area contributed by atoms with Crippen LogP contribution in [0.25, 0.3) is 10.8 Å². The molecule has 0 saturated carbocycles. The molecule has 0 amide bonds. The maximum absolute atomic E-state index is 12.2. The predicted octanol–water partition coefficient (Wildman–Crippen LogP) is 1.74. The zero-order valence-corrected chi connectivity index (χ0v) is 13.7. The number of carboxylic acid groups (broad SMARTS) is 1. The quantitative estimate of drug-likeness (QED) is 0.424. The lowest BCUT2D eigenvalue weighted by Crippen LogP contribution is -2.15. The van der Waals surface area contributed by atoms with Crippen LogP contribution >= 0.6 is 12.0 Å². The van der Waals surface area contributed by atoms with Crippen LogP contribution in [0.4, 0.5) is 0 Å². The Morgan fingerprint density at radius 2 is 1.75 bits per heavy atom. The van der Waals surface area contributed by atoms with Crippen molar-refractivity contribution in [3.05, 3.63) is 36.4 Å². The summed E-state index contributed by atoms with van der Waals surface area (Å²) in [4.78, 5) is 26.0. The highest BCUT2D eigenvalue weighted by Gasteiger charge is 2.22. The van der Waals surface area contributed by atoms with Crippen LogP contribution in [0.5, 0.6) is 0 Å². The first-order valence-corrected chi connectivity index (χ1v) is 8.84. The van der Waals surface area contributed by atoms with Gasteiger partial charge in [0.15, 0.2) is 22.2 Å². The number of hydrogen-bond acceptors (Lipinski definition) is 8. The second-order valence-corrected chi connectivity index (χ2v) is 7.30. The van der Waals surface area contributed by atoms with E-state index in [0.717, 1.165) is 0 Å². The fourth-order valence-corrected chi connectivity index (χ4v) is 3.92. The van der Waals surface area contributed by atoms with E-state index in [1.165, 1.54) is 18.2 Å². The number of benzene rings is 2. The van der Waals surface area contributed by atoms with Crippen LogP contribution in [0, 0.1) is 0 Å². The van der Waals surface area contributed by atoms with Gasteiger partial charge in [-0.05, 0) is 17.5 Å². The molecule has 0 aliphatic heterocycles. The van der Waals surface area contributed by atoms with Gasteiger partial charge >= 0.3 is 11.9 Å². The van der Waals surface area contributed by atoms with Gasteiger partial charge in [-0.2, -0.15) is 0 Å². The Labute approximate surface area is 141 Å². The van der Waals surface area contributed by atoms with Crippen molar-refractivity contribution in [2.75, 3.05) is 12.4 Å². The van der Waals surface area contributed by atoms with Crippen LogP contribution in [0.15, 0.2) is 46.2 Å². The van der Waals surface area contributed by atoms with E-state index in [9.17, 15) is 18.0 Å². The van der Waals surface area contributed by atoms with E-state index < -0.39 is 34.1 Å². The molecule has 0 bridgehead atoms. The molecule has 24 heavy (non-hydrogen) atoms. The summed E-state index contributed by atoms with van der Waals surface area (Å²) in [5.41, 5.74) is 0. The Morgan fingerprint density at radius 1 is 1.08 bits per heavy atom. The van der Waals surface area contributed by atoms with Crippen molar-refractivity contribution in [3.63, 3.8) is 0 Å². The fourth-order valence-electron chi connectivity index (χ4n) is 2.00. The molecule has 2 rings (SSSR count). The van der Waals surface area contributed by atoms with E-state index in [1.54, 1.807) is 18.2 Å². The van der Waals surface area contributed by atoms with Crippen molar-refractivity contribution in [1.82, 2.24) is 0 Å². The Balaban J connectivity index is 2.43. The number of hydrogen-bond donors (Lipinski definition) is 2. The maximum Gasteiger partial charge on any atom is 0.347 e. The Kier molecular flexibility index (Phi) is 5.78. The summed E-state index contributed by atoms with van der Waals surface area (Å²) in [7, 11) is -4.01. The molecule has 0 spiro atoms. The highest BCUT2D eigenvalue weighted by atomic mass is 32.2. The van der Waals surface area contributed by atoms with Crippen LogP contribution in [0.1, 0.15) is 0 Å². The van der Waals surface area contributed by atoms with Gasteiger partial charge in [-0.3, -0.25) is 10.1 Å². The van der Waals surface area contributed by atoms with Crippen molar-refractivity contribution in [1.29, 1.82) is 0 Å². The van der Waals surface area contributed by atoms with E-state index in [1.807, 2.05) is 0 Å². The van der Waals surface area contributed by atoms with Gasteiger partial charge in [0.25, 0.3) is 0 Å². The minimum absolute atomic E-state index is 0.116. The molecule has 2 aromatic carbocycles. The molecule has 0 fully saturated rings. The van der Waals surface area contributed by atoms with Gasteiger partial charge in [0.05, 0.1) is 21.8 Å². The van der Waals surface area contributed by atoms with Crippen molar-refractivity contribution in [3.8, 4) is 0 Å². The first kappa shape index (κ1) is 18.2. The van der Waals surface area contributed by atoms with Gasteiger partial charge in [-0.1, -0.05) is 24.3 Å². The van der Waals surface area contributed by atoms with Crippen LogP contribution in [0.3, 0.4) is 0 Å². The van der Waals surface area contributed by atoms with Crippen LogP contribution in [0.2, 0.25) is 0 Å². The monoisotopic (exact) mass is 372 g/mol. The van der Waals surface area contributed by atoms with Crippen molar-refractivity contribution in [2.24, 2.45) is 0 Å². The van der Waals surface area contributed by atoms with E-state index in [4.69, 9.17) is 14.5 Å². The minimum Gasteiger partial charge on any atom is -0.480 e. The predicted molar refractivity (Wildman–Crippen MR) is 84.2 cm³/mol. The number of carbonyl (C=O) groups excluding carboxylic acids is 1. The van der Waals surface area contributed by atoms with Crippen LogP contribution in [-0.4, -0.2) is 43.1 Å². The summed E-state index contributed by atoms with van der Waals surface area (Å²) in [6, 6.07) is 9.11. The molecule has 0 atom stereocenters. The molecular formula is C14H12O8S2. The van der Waals surface area contributed by atoms with Gasteiger partial charge in [-0.15, -0.1) is 0 Å². The Hall–Kier alpha value is -2.14. The van der Waals surface area contributed by atoms with Gasteiger partial charge < -0.3 is 9.29 Å². The second-order valence-electron chi connectivity index (χ2n) is 4.57. The van der Waals surface area contributed by atoms with Gasteiger partial charge in [0.2, 0.25) is 0 Å². The minimum atomic E-state index is -4.01. The molecule has 0 radical (unpaired) electrons. The third-order valence-corrected chi connectivity index (χ3v) is 5.36. The maximum atomic E-state index is 12.2. The average Bonchev–Trinajstić information content (AvgIpc) is 2.51. The molecule has 0 aromatic heterocycles. The summed E-state index contributed by atoms with van der Waals surface area (Å²) >= 11 is 0.679. The zero-order valence-electron chi connectivity index (χ0n) is 12.0. The molecule has 2 aromatic rings. The van der Waals surface area contributed by atoms with Crippen LogP contribution < -0.4 is 0 Å². The molecular weight excluding hydrogens is 360 g/mol. The molecule has 2 N–H and O–H groups in total. The summed E-state index contributed by atoms with van der Waals surface area (Å²) in [6.45, 7) is -0.643. The molecule has 0 heterocycles.